The van der Waals surface area contributed by atoms with Crippen molar-refractivity contribution in [1.82, 2.24) is 10.6 Å². The molecular weight excluding hydrogens is 492 g/mol. The highest BCUT2D eigenvalue weighted by Crippen LogP contribution is 2.35. The van der Waals surface area contributed by atoms with Gasteiger partial charge in [0.1, 0.15) is 5.54 Å². The minimum absolute atomic E-state index is 0.0667. The van der Waals surface area contributed by atoms with Crippen molar-refractivity contribution in [3.63, 3.8) is 0 Å². The maximum atomic E-state index is 13.4. The molecule has 0 unspecified atom stereocenters. The number of carbonyl (C=O) groups is 1. The molecule has 9 heteroatoms. The number of nitrogens with zero attached hydrogens (tertiary/aromatic N) is 1. The summed E-state index contributed by atoms with van der Waals surface area (Å²) in [6.07, 6.45) is 2.16. The Morgan fingerprint density at radius 1 is 1.06 bits per heavy atom. The fraction of sp³-hybridized carbons (Fsp3) is 0.333. The van der Waals surface area contributed by atoms with Crippen LogP contribution in [0.3, 0.4) is 0 Å². The Labute approximate surface area is 216 Å². The number of hydrogen-bond donors (Lipinski definition) is 3. The van der Waals surface area contributed by atoms with Gasteiger partial charge in [-0.3, -0.25) is 10.1 Å². The van der Waals surface area contributed by atoms with E-state index in [0.717, 1.165) is 35.1 Å². The number of amides is 1. The average Bonchev–Trinajstić information content (AvgIpc) is 3.41. The minimum Gasteiger partial charge on any atom is -0.344 e. The largest absolute Gasteiger partial charge is 0.344 e. The van der Waals surface area contributed by atoms with Crippen LogP contribution in [-0.2, 0) is 14.8 Å². The van der Waals surface area contributed by atoms with Gasteiger partial charge in [-0.1, -0.05) is 50.2 Å². The van der Waals surface area contributed by atoms with Gasteiger partial charge >= 0.3 is 0 Å². The summed E-state index contributed by atoms with van der Waals surface area (Å²) in [6.45, 7) is 4.14. The van der Waals surface area contributed by atoms with Gasteiger partial charge in [0.2, 0.25) is 15.9 Å². The molecule has 7 nitrogen and oxygen atoms in total. The molecule has 3 aromatic rings. The third-order valence-electron chi connectivity index (χ3n) is 6.36. The Morgan fingerprint density at radius 3 is 2.14 bits per heavy atom. The first kappa shape index (κ1) is 26.0. The van der Waals surface area contributed by atoms with Crippen LogP contribution in [0.1, 0.15) is 50.3 Å². The zero-order valence-corrected chi connectivity index (χ0v) is 21.9. The molecule has 1 heterocycles. The summed E-state index contributed by atoms with van der Waals surface area (Å²) < 4.78 is 23.1. The molecule has 4 N–H and O–H groups in total. The molecule has 4 rings (SSSR count). The molecule has 0 spiro atoms. The van der Waals surface area contributed by atoms with E-state index in [9.17, 15) is 18.5 Å². The molecule has 188 valence electrons. The van der Waals surface area contributed by atoms with Crippen LogP contribution < -0.4 is 15.8 Å². The summed E-state index contributed by atoms with van der Waals surface area (Å²) in [5, 5.41) is 25.3. The second-order valence-electron chi connectivity index (χ2n) is 9.71. The molecule has 1 aliphatic rings. The van der Waals surface area contributed by atoms with Crippen LogP contribution in [0.5, 0.6) is 0 Å². The number of nitrogens with two attached hydrogens (primary N) is 1. The number of rotatable bonds is 10. The first-order valence-corrected chi connectivity index (χ1v) is 14.3. The van der Waals surface area contributed by atoms with Gasteiger partial charge in [0, 0.05) is 0 Å². The highest BCUT2D eigenvalue weighted by molar-refractivity contribution is 7.89. The van der Waals surface area contributed by atoms with Crippen molar-refractivity contribution >= 4 is 27.3 Å². The van der Waals surface area contributed by atoms with Crippen LogP contribution in [0.2, 0.25) is 0 Å². The van der Waals surface area contributed by atoms with Gasteiger partial charge in [-0.15, -0.1) is 0 Å². The van der Waals surface area contributed by atoms with E-state index in [1.165, 1.54) is 12.1 Å². The SMILES string of the molecule is CC(C)C[C@H](NC1(C#N)CC1)C(=O)N[C@@H](c1ccc(-c2ccc(S(N)(=O)=O)cc2)cc1)c1ccsc1. The van der Waals surface area contributed by atoms with Crippen LogP contribution in [0.15, 0.2) is 70.3 Å². The maximum absolute atomic E-state index is 13.4. The van der Waals surface area contributed by atoms with Crippen LogP contribution in [0.25, 0.3) is 11.1 Å². The molecule has 0 saturated heterocycles. The van der Waals surface area contributed by atoms with E-state index in [1.807, 2.05) is 41.1 Å². The van der Waals surface area contributed by atoms with Gasteiger partial charge in [0.05, 0.1) is 23.0 Å². The Morgan fingerprint density at radius 2 is 1.67 bits per heavy atom. The number of nitrogens with one attached hydrogen (secondary N) is 2. The summed E-state index contributed by atoms with van der Waals surface area (Å²) >= 11 is 1.57. The molecule has 1 fully saturated rings. The lowest BCUT2D eigenvalue weighted by Gasteiger charge is -2.26. The van der Waals surface area contributed by atoms with E-state index in [4.69, 9.17) is 5.14 Å². The van der Waals surface area contributed by atoms with E-state index in [0.29, 0.717) is 12.3 Å². The number of primary sulfonamides is 1. The second-order valence-corrected chi connectivity index (χ2v) is 12.1. The van der Waals surface area contributed by atoms with Crippen molar-refractivity contribution in [3.05, 3.63) is 76.5 Å². The molecule has 1 aliphatic carbocycles. The number of nitriles is 1. The number of benzene rings is 2. The first-order valence-electron chi connectivity index (χ1n) is 11.8. The fourth-order valence-corrected chi connectivity index (χ4v) is 5.40. The van der Waals surface area contributed by atoms with Crippen molar-refractivity contribution in [2.45, 2.75) is 55.6 Å². The van der Waals surface area contributed by atoms with Crippen molar-refractivity contribution in [2.75, 3.05) is 0 Å². The third kappa shape index (κ3) is 6.20. The quantitative estimate of drug-likeness (QED) is 0.365. The first-order chi connectivity index (χ1) is 17.1. The summed E-state index contributed by atoms with van der Waals surface area (Å²) in [6, 6.07) is 17.8. The zero-order valence-electron chi connectivity index (χ0n) is 20.3. The molecular formula is C27H30N4O3S2. The Hall–Kier alpha value is -3.03. The van der Waals surface area contributed by atoms with Gasteiger partial charge in [0.15, 0.2) is 0 Å². The predicted molar refractivity (Wildman–Crippen MR) is 142 cm³/mol. The smallest absolute Gasteiger partial charge is 0.238 e. The second kappa shape index (κ2) is 10.5. The maximum Gasteiger partial charge on any atom is 0.238 e. The molecule has 36 heavy (non-hydrogen) atoms. The molecule has 0 bridgehead atoms. The highest BCUT2D eigenvalue weighted by Gasteiger charge is 2.46. The predicted octanol–water partition coefficient (Wildman–Crippen LogP) is 4.33. The molecule has 0 radical (unpaired) electrons. The Balaban J connectivity index is 1.56. The van der Waals surface area contributed by atoms with E-state index in [1.54, 1.807) is 23.5 Å². The third-order valence-corrected chi connectivity index (χ3v) is 7.99. The van der Waals surface area contributed by atoms with E-state index < -0.39 is 21.6 Å². The standard InChI is InChI=1S/C27H30N4O3S2/c1-18(2)15-24(31-27(17-28)12-13-27)26(32)30-25(22-11-14-35-16-22)21-5-3-19(4-6-21)20-7-9-23(10-8-20)36(29,33)34/h3-11,14,16,18,24-25,31H,12-13,15H2,1-2H3,(H,30,32)(H2,29,33,34)/t24-,25-/m0/s1. The lowest BCUT2D eigenvalue weighted by Crippen LogP contribution is -2.50. The summed E-state index contributed by atoms with van der Waals surface area (Å²) in [5.74, 6) is 0.173. The van der Waals surface area contributed by atoms with Crippen molar-refractivity contribution < 1.29 is 13.2 Å². The van der Waals surface area contributed by atoms with Crippen LogP contribution in [0, 0.1) is 17.2 Å². The van der Waals surface area contributed by atoms with Crippen molar-refractivity contribution in [1.29, 1.82) is 5.26 Å². The van der Waals surface area contributed by atoms with Gasteiger partial charge in [0.25, 0.3) is 0 Å². The summed E-state index contributed by atoms with van der Waals surface area (Å²) in [5.41, 5.74) is 3.10. The summed E-state index contributed by atoms with van der Waals surface area (Å²) in [4.78, 5) is 13.5. The van der Waals surface area contributed by atoms with E-state index in [-0.39, 0.29) is 16.8 Å². The minimum atomic E-state index is -3.74. The van der Waals surface area contributed by atoms with Crippen LogP contribution in [-0.4, -0.2) is 25.9 Å². The van der Waals surface area contributed by atoms with Crippen molar-refractivity contribution in [2.24, 2.45) is 11.1 Å². The lowest BCUT2D eigenvalue weighted by molar-refractivity contribution is -0.124. The molecule has 2 atom stereocenters. The molecule has 2 aromatic carbocycles. The molecule has 0 aliphatic heterocycles. The highest BCUT2D eigenvalue weighted by atomic mass is 32.2. The number of carbonyl (C=O) groups excluding carboxylic acids is 1. The monoisotopic (exact) mass is 522 g/mol. The fourth-order valence-electron chi connectivity index (χ4n) is 4.20. The lowest BCUT2D eigenvalue weighted by atomic mass is 9.96. The molecule has 1 amide bonds. The van der Waals surface area contributed by atoms with E-state index in [2.05, 4.69) is 30.6 Å². The zero-order chi connectivity index (χ0) is 25.9. The Kier molecular flexibility index (Phi) is 7.62. The average molecular weight is 523 g/mol. The van der Waals surface area contributed by atoms with Gasteiger partial charge in [-0.2, -0.15) is 16.6 Å². The van der Waals surface area contributed by atoms with Gasteiger partial charge in [-0.05, 0) is 76.4 Å². The number of sulfonamides is 1. The molecule has 1 saturated carbocycles. The van der Waals surface area contributed by atoms with Crippen LogP contribution in [0.4, 0.5) is 0 Å². The van der Waals surface area contributed by atoms with Gasteiger partial charge < -0.3 is 5.32 Å². The Bertz CT molecular complexity index is 1340. The van der Waals surface area contributed by atoms with E-state index >= 15 is 0 Å². The number of hydrogen-bond acceptors (Lipinski definition) is 6. The van der Waals surface area contributed by atoms with Crippen molar-refractivity contribution in [3.8, 4) is 17.2 Å². The van der Waals surface area contributed by atoms with Gasteiger partial charge in [-0.25, -0.2) is 13.6 Å². The normalized spacial score (nSPS) is 16.2. The number of thiophene rings is 1. The summed E-state index contributed by atoms with van der Waals surface area (Å²) in [7, 11) is -3.74. The topological polar surface area (TPSA) is 125 Å². The van der Waals surface area contributed by atoms with Crippen LogP contribution >= 0.6 is 11.3 Å². The molecule has 1 aromatic heterocycles.